The molecule has 1 N–H and O–H groups in total. The molecule has 1 aliphatic rings. The Morgan fingerprint density at radius 1 is 1.00 bits per heavy atom. The van der Waals surface area contributed by atoms with E-state index in [1.807, 2.05) is 55.1 Å². The summed E-state index contributed by atoms with van der Waals surface area (Å²) in [5.41, 5.74) is 2.21. The van der Waals surface area contributed by atoms with Gasteiger partial charge in [-0.2, -0.15) is 0 Å². The maximum atomic E-state index is 13.1. The molecule has 2 aromatic carbocycles. The Balaban J connectivity index is 1.72. The fourth-order valence-electron chi connectivity index (χ4n) is 3.54. The molecule has 0 aromatic heterocycles. The van der Waals surface area contributed by atoms with E-state index < -0.39 is 6.10 Å². The minimum absolute atomic E-state index is 0.0182. The van der Waals surface area contributed by atoms with Gasteiger partial charge < -0.3 is 15.0 Å². The summed E-state index contributed by atoms with van der Waals surface area (Å²) >= 11 is 0. The first-order chi connectivity index (χ1) is 14.1. The third kappa shape index (κ3) is 5.59. The van der Waals surface area contributed by atoms with Gasteiger partial charge in [-0.1, -0.05) is 49.6 Å². The van der Waals surface area contributed by atoms with Crippen LogP contribution in [0.1, 0.15) is 54.9 Å². The zero-order chi connectivity index (χ0) is 20.6. The van der Waals surface area contributed by atoms with Crippen LogP contribution in [0, 0.1) is 6.92 Å². The highest BCUT2D eigenvalue weighted by atomic mass is 16.5. The Morgan fingerprint density at radius 3 is 2.31 bits per heavy atom. The average Bonchev–Trinajstić information content (AvgIpc) is 3.03. The average molecular weight is 395 g/mol. The summed E-state index contributed by atoms with van der Waals surface area (Å²) < 4.78 is 5.88. The molecule has 1 unspecified atom stereocenters. The highest BCUT2D eigenvalue weighted by Crippen LogP contribution is 2.21. The Hall–Kier alpha value is -2.82. The molecule has 154 valence electrons. The molecule has 0 radical (unpaired) electrons. The molecular formula is C24H30N2O3. The molecule has 5 nitrogen and oxygen atoms in total. The van der Waals surface area contributed by atoms with Crippen LogP contribution in [-0.2, 0) is 4.79 Å². The van der Waals surface area contributed by atoms with Gasteiger partial charge in [0.2, 0.25) is 0 Å². The van der Waals surface area contributed by atoms with E-state index in [9.17, 15) is 9.59 Å². The fraction of sp³-hybridized carbons (Fsp3) is 0.417. The van der Waals surface area contributed by atoms with E-state index in [1.165, 1.54) is 0 Å². The first kappa shape index (κ1) is 20.9. The first-order valence-electron chi connectivity index (χ1n) is 10.5. The molecule has 0 spiro atoms. The van der Waals surface area contributed by atoms with Gasteiger partial charge in [0.1, 0.15) is 5.75 Å². The number of carbonyl (C=O) groups is 2. The topological polar surface area (TPSA) is 58.6 Å². The third-order valence-corrected chi connectivity index (χ3v) is 5.27. The van der Waals surface area contributed by atoms with Gasteiger partial charge in [-0.3, -0.25) is 9.59 Å². The predicted molar refractivity (Wildman–Crippen MR) is 115 cm³/mol. The van der Waals surface area contributed by atoms with Gasteiger partial charge in [-0.25, -0.2) is 0 Å². The quantitative estimate of drug-likeness (QED) is 0.765. The second-order valence-electron chi connectivity index (χ2n) is 7.57. The van der Waals surface area contributed by atoms with Gasteiger partial charge in [0.15, 0.2) is 6.10 Å². The lowest BCUT2D eigenvalue weighted by atomic mass is 10.1. The van der Waals surface area contributed by atoms with Crippen molar-refractivity contribution in [3.05, 3.63) is 59.7 Å². The summed E-state index contributed by atoms with van der Waals surface area (Å²) in [5.74, 6) is 0.394. The van der Waals surface area contributed by atoms with Crippen LogP contribution in [-0.4, -0.2) is 35.9 Å². The summed E-state index contributed by atoms with van der Waals surface area (Å²) in [5, 5.41) is 2.92. The van der Waals surface area contributed by atoms with E-state index in [1.54, 1.807) is 12.1 Å². The minimum atomic E-state index is -0.626. The van der Waals surface area contributed by atoms with E-state index in [0.717, 1.165) is 44.3 Å². The smallest absolute Gasteiger partial charge is 0.265 e. The number of carbonyl (C=O) groups excluding carboxylic acids is 2. The van der Waals surface area contributed by atoms with Crippen LogP contribution in [0.3, 0.4) is 0 Å². The molecule has 1 atom stereocenters. The molecule has 2 aromatic rings. The van der Waals surface area contributed by atoms with Crippen molar-refractivity contribution in [3.63, 3.8) is 0 Å². The van der Waals surface area contributed by atoms with Crippen molar-refractivity contribution in [1.82, 2.24) is 4.90 Å². The van der Waals surface area contributed by atoms with Gasteiger partial charge in [0.25, 0.3) is 11.8 Å². The number of likely N-dealkylation sites (tertiary alicyclic amines) is 1. The molecule has 1 heterocycles. The fourth-order valence-corrected chi connectivity index (χ4v) is 3.54. The number of hydrogen-bond donors (Lipinski definition) is 1. The number of ether oxygens (including phenoxy) is 1. The van der Waals surface area contributed by atoms with Crippen molar-refractivity contribution in [2.24, 2.45) is 0 Å². The molecule has 2 amide bonds. The molecular weight excluding hydrogens is 364 g/mol. The largest absolute Gasteiger partial charge is 0.481 e. The SMILES string of the molecule is CCC(Oc1ccc(C)cc1)C(=O)Nc1ccccc1C(=O)N1CCCCCC1. The predicted octanol–water partition coefficient (Wildman–Crippen LogP) is 4.81. The lowest BCUT2D eigenvalue weighted by Gasteiger charge is -2.23. The Labute approximate surface area is 173 Å². The first-order valence-corrected chi connectivity index (χ1v) is 10.5. The molecule has 3 rings (SSSR count). The number of aryl methyl sites for hydroxylation is 1. The highest BCUT2D eigenvalue weighted by molar-refractivity contribution is 6.04. The number of benzene rings is 2. The zero-order valence-corrected chi connectivity index (χ0v) is 17.3. The maximum absolute atomic E-state index is 13.1. The summed E-state index contributed by atoms with van der Waals surface area (Å²) in [6.07, 6.45) is 4.29. The normalized spacial score (nSPS) is 15.3. The van der Waals surface area contributed by atoms with Crippen molar-refractivity contribution in [1.29, 1.82) is 0 Å². The van der Waals surface area contributed by atoms with Gasteiger partial charge in [0, 0.05) is 13.1 Å². The maximum Gasteiger partial charge on any atom is 0.265 e. The number of rotatable bonds is 6. The van der Waals surface area contributed by atoms with Gasteiger partial charge in [0.05, 0.1) is 11.3 Å². The summed E-state index contributed by atoms with van der Waals surface area (Å²) in [6.45, 7) is 5.46. The lowest BCUT2D eigenvalue weighted by Crippen LogP contribution is -2.35. The Kier molecular flexibility index (Phi) is 7.28. The molecule has 0 bridgehead atoms. The molecule has 29 heavy (non-hydrogen) atoms. The molecule has 5 heteroatoms. The highest BCUT2D eigenvalue weighted by Gasteiger charge is 2.23. The van der Waals surface area contributed by atoms with Gasteiger partial charge in [-0.15, -0.1) is 0 Å². The number of hydrogen-bond acceptors (Lipinski definition) is 3. The van der Waals surface area contributed by atoms with Crippen molar-refractivity contribution < 1.29 is 14.3 Å². The minimum Gasteiger partial charge on any atom is -0.481 e. The van der Waals surface area contributed by atoms with Gasteiger partial charge in [-0.05, 0) is 50.5 Å². The standard InChI is InChI=1S/C24H30N2O3/c1-3-22(29-19-14-12-18(2)13-15-19)23(27)25-21-11-7-6-10-20(21)24(28)26-16-8-4-5-9-17-26/h6-7,10-15,22H,3-5,8-9,16-17H2,1-2H3,(H,25,27). The van der Waals surface area contributed by atoms with E-state index in [2.05, 4.69) is 5.32 Å². The van der Waals surface area contributed by atoms with Crippen LogP contribution in [0.25, 0.3) is 0 Å². The van der Waals surface area contributed by atoms with E-state index in [4.69, 9.17) is 4.74 Å². The van der Waals surface area contributed by atoms with Crippen molar-refractivity contribution in [2.45, 2.75) is 52.1 Å². The van der Waals surface area contributed by atoms with E-state index >= 15 is 0 Å². The zero-order valence-electron chi connectivity index (χ0n) is 17.3. The van der Waals surface area contributed by atoms with Crippen molar-refractivity contribution in [2.75, 3.05) is 18.4 Å². The Bertz CT molecular complexity index is 824. The van der Waals surface area contributed by atoms with E-state index in [-0.39, 0.29) is 11.8 Å². The lowest BCUT2D eigenvalue weighted by molar-refractivity contribution is -0.122. The second-order valence-corrected chi connectivity index (χ2v) is 7.57. The monoisotopic (exact) mass is 394 g/mol. The number of amides is 2. The molecule has 0 aliphatic carbocycles. The summed E-state index contributed by atoms with van der Waals surface area (Å²) in [7, 11) is 0. The molecule has 1 fully saturated rings. The van der Waals surface area contributed by atoms with Crippen LogP contribution >= 0.6 is 0 Å². The number of anilines is 1. The molecule has 1 aliphatic heterocycles. The van der Waals surface area contributed by atoms with Crippen LogP contribution in [0.5, 0.6) is 5.75 Å². The number of nitrogens with zero attached hydrogens (tertiary/aromatic N) is 1. The summed E-state index contributed by atoms with van der Waals surface area (Å²) in [6, 6.07) is 14.9. The number of para-hydroxylation sites is 1. The van der Waals surface area contributed by atoms with Crippen molar-refractivity contribution in [3.8, 4) is 5.75 Å². The van der Waals surface area contributed by atoms with Crippen LogP contribution in [0.2, 0.25) is 0 Å². The second kappa shape index (κ2) is 10.1. The molecule has 0 saturated carbocycles. The Morgan fingerprint density at radius 2 is 1.66 bits per heavy atom. The summed E-state index contributed by atoms with van der Waals surface area (Å²) in [4.78, 5) is 27.8. The number of nitrogens with one attached hydrogen (secondary N) is 1. The van der Waals surface area contributed by atoms with Gasteiger partial charge >= 0.3 is 0 Å². The van der Waals surface area contributed by atoms with Crippen LogP contribution < -0.4 is 10.1 Å². The van der Waals surface area contributed by atoms with Crippen molar-refractivity contribution >= 4 is 17.5 Å². The van der Waals surface area contributed by atoms with Crippen LogP contribution in [0.15, 0.2) is 48.5 Å². The molecule has 1 saturated heterocycles. The van der Waals surface area contributed by atoms with E-state index in [0.29, 0.717) is 23.4 Å². The third-order valence-electron chi connectivity index (χ3n) is 5.27. The van der Waals surface area contributed by atoms with Crippen LogP contribution in [0.4, 0.5) is 5.69 Å².